The number of fused-ring (bicyclic) bond motifs is 1. The summed E-state index contributed by atoms with van der Waals surface area (Å²) in [5.74, 6) is 1.08. The van der Waals surface area contributed by atoms with Crippen molar-refractivity contribution in [2.45, 2.75) is 6.54 Å². The monoisotopic (exact) mass is 355 g/mol. The highest BCUT2D eigenvalue weighted by molar-refractivity contribution is 5.78. The fourth-order valence-corrected chi connectivity index (χ4v) is 2.62. The van der Waals surface area contributed by atoms with Crippen molar-refractivity contribution in [1.29, 1.82) is 5.26 Å². The van der Waals surface area contributed by atoms with Crippen molar-refractivity contribution in [2.75, 3.05) is 0 Å². The number of aromatic nitrogens is 4. The van der Waals surface area contributed by atoms with E-state index in [1.165, 1.54) is 4.68 Å². The Morgan fingerprint density at radius 2 is 1.89 bits per heavy atom. The Balaban J connectivity index is 1.67. The molecule has 2 heterocycles. The summed E-state index contributed by atoms with van der Waals surface area (Å²) in [6.07, 6.45) is 3.36. The highest BCUT2D eigenvalue weighted by atomic mass is 16.5. The number of hydrogen-bond acceptors (Lipinski definition) is 6. The highest BCUT2D eigenvalue weighted by Gasteiger charge is 2.08. The van der Waals surface area contributed by atoms with Gasteiger partial charge in [-0.05, 0) is 54.1 Å². The molecule has 0 aliphatic carbocycles. The van der Waals surface area contributed by atoms with Crippen LogP contribution in [0.4, 0.5) is 0 Å². The Morgan fingerprint density at radius 1 is 1.07 bits per heavy atom. The van der Waals surface area contributed by atoms with Gasteiger partial charge in [-0.2, -0.15) is 5.26 Å². The second-order valence-corrected chi connectivity index (χ2v) is 5.83. The summed E-state index contributed by atoms with van der Waals surface area (Å²) in [6.45, 7) is 0.288. The van der Waals surface area contributed by atoms with Crippen molar-refractivity contribution in [3.8, 4) is 17.6 Å². The summed E-state index contributed by atoms with van der Waals surface area (Å²) in [4.78, 5) is 16.8. The van der Waals surface area contributed by atoms with Gasteiger partial charge in [0.05, 0.1) is 23.6 Å². The molecule has 0 aliphatic rings. The molecule has 0 unspecified atom stereocenters. The summed E-state index contributed by atoms with van der Waals surface area (Å²) < 4.78 is 7.08. The van der Waals surface area contributed by atoms with Gasteiger partial charge in [0.2, 0.25) is 0 Å². The largest absolute Gasteiger partial charge is 0.457 e. The van der Waals surface area contributed by atoms with Crippen LogP contribution >= 0.6 is 0 Å². The third-order valence-electron chi connectivity index (χ3n) is 3.97. The molecule has 0 saturated heterocycles. The van der Waals surface area contributed by atoms with E-state index in [0.29, 0.717) is 28.0 Å². The van der Waals surface area contributed by atoms with Crippen molar-refractivity contribution in [3.63, 3.8) is 0 Å². The van der Waals surface area contributed by atoms with Gasteiger partial charge in [-0.15, -0.1) is 5.10 Å². The van der Waals surface area contributed by atoms with Gasteiger partial charge in [0.1, 0.15) is 17.0 Å². The molecule has 0 atom stereocenters. The van der Waals surface area contributed by atoms with E-state index >= 15 is 0 Å². The predicted molar refractivity (Wildman–Crippen MR) is 98.4 cm³/mol. The van der Waals surface area contributed by atoms with Gasteiger partial charge in [0.25, 0.3) is 5.56 Å². The van der Waals surface area contributed by atoms with Crippen LogP contribution in [0.1, 0.15) is 11.1 Å². The smallest absolute Gasteiger partial charge is 0.278 e. The molecule has 0 radical (unpaired) electrons. The molecule has 0 N–H and O–H groups in total. The van der Waals surface area contributed by atoms with Gasteiger partial charge in [0.15, 0.2) is 0 Å². The third-order valence-corrected chi connectivity index (χ3v) is 3.97. The number of nitriles is 1. The first-order valence-electron chi connectivity index (χ1n) is 8.17. The van der Waals surface area contributed by atoms with E-state index < -0.39 is 0 Å². The molecule has 0 spiro atoms. The van der Waals surface area contributed by atoms with E-state index in [1.54, 1.807) is 60.9 Å². The first-order valence-corrected chi connectivity index (χ1v) is 8.17. The lowest BCUT2D eigenvalue weighted by Gasteiger charge is -2.08. The fraction of sp³-hybridized carbons (Fsp3) is 0.0500. The van der Waals surface area contributed by atoms with Gasteiger partial charge in [-0.3, -0.25) is 9.78 Å². The summed E-state index contributed by atoms with van der Waals surface area (Å²) in [5, 5.41) is 17.4. The van der Waals surface area contributed by atoms with Gasteiger partial charge in [0, 0.05) is 12.4 Å². The lowest BCUT2D eigenvalue weighted by molar-refractivity contribution is 0.483. The molecule has 2 aromatic heterocycles. The molecule has 0 fully saturated rings. The standard InChI is InChI=1S/C20H13N5O2/c21-11-14-3-5-16(6-4-14)27-17-7-8-19-18(10-17)20(26)25(24-23-19)13-15-2-1-9-22-12-15/h1-10,12H,13H2. The van der Waals surface area contributed by atoms with Gasteiger partial charge in [-0.1, -0.05) is 11.3 Å². The normalized spacial score (nSPS) is 10.5. The van der Waals surface area contributed by atoms with Gasteiger partial charge < -0.3 is 4.74 Å². The van der Waals surface area contributed by atoms with Crippen molar-refractivity contribution in [1.82, 2.24) is 20.0 Å². The lowest BCUT2D eigenvalue weighted by Crippen LogP contribution is -2.24. The zero-order valence-electron chi connectivity index (χ0n) is 14.1. The first-order chi connectivity index (χ1) is 13.2. The molecule has 4 rings (SSSR count). The maximum absolute atomic E-state index is 12.8. The third kappa shape index (κ3) is 3.50. The first kappa shape index (κ1) is 16.4. The van der Waals surface area contributed by atoms with Crippen LogP contribution in [0, 0.1) is 11.3 Å². The minimum absolute atomic E-state index is 0.255. The number of ether oxygens (including phenoxy) is 1. The molecular formula is C20H13N5O2. The van der Waals surface area contributed by atoms with Crippen molar-refractivity contribution < 1.29 is 4.74 Å². The van der Waals surface area contributed by atoms with E-state index in [-0.39, 0.29) is 12.1 Å². The van der Waals surface area contributed by atoms with E-state index in [4.69, 9.17) is 10.00 Å². The summed E-state index contributed by atoms with van der Waals surface area (Å²) in [7, 11) is 0. The minimum atomic E-state index is -0.255. The Hall–Kier alpha value is -4.05. The van der Waals surface area contributed by atoms with E-state index in [9.17, 15) is 4.79 Å². The zero-order valence-corrected chi connectivity index (χ0v) is 14.1. The fourth-order valence-electron chi connectivity index (χ4n) is 2.62. The quantitative estimate of drug-likeness (QED) is 0.559. The van der Waals surface area contributed by atoms with Crippen molar-refractivity contribution in [2.24, 2.45) is 0 Å². The summed E-state index contributed by atoms with van der Waals surface area (Å²) in [5.41, 5.74) is 1.65. The number of rotatable bonds is 4. The lowest BCUT2D eigenvalue weighted by atomic mass is 10.2. The molecule has 7 nitrogen and oxygen atoms in total. The maximum Gasteiger partial charge on any atom is 0.278 e. The Bertz CT molecular complexity index is 1200. The number of pyridine rings is 1. The average Bonchev–Trinajstić information content (AvgIpc) is 2.72. The molecule has 0 aliphatic heterocycles. The molecule has 0 amide bonds. The van der Waals surface area contributed by atoms with Crippen molar-refractivity contribution in [3.05, 3.63) is 88.5 Å². The van der Waals surface area contributed by atoms with Crippen molar-refractivity contribution >= 4 is 10.9 Å². The molecule has 0 bridgehead atoms. The molecule has 130 valence electrons. The van der Waals surface area contributed by atoms with Crippen LogP contribution in [0.2, 0.25) is 0 Å². The van der Waals surface area contributed by atoms with E-state index in [0.717, 1.165) is 5.56 Å². The van der Waals surface area contributed by atoms with Crippen LogP contribution in [-0.4, -0.2) is 20.0 Å². The minimum Gasteiger partial charge on any atom is -0.457 e. The molecular weight excluding hydrogens is 342 g/mol. The Morgan fingerprint density at radius 3 is 2.63 bits per heavy atom. The van der Waals surface area contributed by atoms with Crippen LogP contribution in [0.3, 0.4) is 0 Å². The average molecular weight is 355 g/mol. The highest BCUT2D eigenvalue weighted by Crippen LogP contribution is 2.23. The number of hydrogen-bond donors (Lipinski definition) is 0. The Labute approximate surface area is 154 Å². The molecule has 7 heteroatoms. The summed E-state index contributed by atoms with van der Waals surface area (Å²) >= 11 is 0. The molecule has 0 saturated carbocycles. The van der Waals surface area contributed by atoms with Crippen LogP contribution in [0.25, 0.3) is 10.9 Å². The summed E-state index contributed by atoms with van der Waals surface area (Å²) in [6, 6.07) is 17.5. The molecule has 2 aromatic carbocycles. The predicted octanol–water partition coefficient (Wildman–Crippen LogP) is 2.90. The van der Waals surface area contributed by atoms with Crippen LogP contribution in [0.15, 0.2) is 71.8 Å². The maximum atomic E-state index is 12.8. The van der Waals surface area contributed by atoms with E-state index in [2.05, 4.69) is 21.4 Å². The van der Waals surface area contributed by atoms with Crippen LogP contribution in [0.5, 0.6) is 11.5 Å². The van der Waals surface area contributed by atoms with E-state index in [1.807, 2.05) is 6.07 Å². The topological polar surface area (TPSA) is 93.7 Å². The van der Waals surface area contributed by atoms with Crippen LogP contribution in [-0.2, 0) is 6.54 Å². The number of benzene rings is 2. The van der Waals surface area contributed by atoms with Gasteiger partial charge in [-0.25, -0.2) is 4.68 Å². The Kier molecular flexibility index (Phi) is 4.29. The second-order valence-electron chi connectivity index (χ2n) is 5.83. The van der Waals surface area contributed by atoms with Crippen LogP contribution < -0.4 is 10.3 Å². The second kappa shape index (κ2) is 7.06. The molecule has 4 aromatic rings. The SMILES string of the molecule is N#Cc1ccc(Oc2ccc3nnn(Cc4cccnc4)c(=O)c3c2)cc1. The van der Waals surface area contributed by atoms with Gasteiger partial charge >= 0.3 is 0 Å². The number of nitrogens with zero attached hydrogens (tertiary/aromatic N) is 5. The molecule has 27 heavy (non-hydrogen) atoms. The zero-order chi connectivity index (χ0) is 18.6.